The number of aromatic carboxylic acids is 1. The molecule has 0 aliphatic rings. The summed E-state index contributed by atoms with van der Waals surface area (Å²) < 4.78 is 5.88. The van der Waals surface area contributed by atoms with E-state index in [-0.39, 0.29) is 18.2 Å². The summed E-state index contributed by atoms with van der Waals surface area (Å²) in [5, 5.41) is 11.4. The fourth-order valence-electron chi connectivity index (χ4n) is 1.69. The first-order chi connectivity index (χ1) is 9.47. The van der Waals surface area contributed by atoms with E-state index in [1.807, 2.05) is 19.1 Å². The Morgan fingerprint density at radius 1 is 1.30 bits per heavy atom. The number of benzene rings is 1. The van der Waals surface area contributed by atoms with Crippen molar-refractivity contribution in [3.05, 3.63) is 57.5 Å². The molecule has 1 aromatic heterocycles. The van der Waals surface area contributed by atoms with Crippen molar-refractivity contribution in [3.63, 3.8) is 0 Å². The van der Waals surface area contributed by atoms with Gasteiger partial charge in [-0.2, -0.15) is 0 Å². The van der Waals surface area contributed by atoms with Crippen molar-refractivity contribution in [2.24, 2.45) is 0 Å². The molecule has 0 radical (unpaired) electrons. The molecule has 1 amide bonds. The number of rotatable bonds is 4. The molecule has 0 aliphatic carbocycles. The van der Waals surface area contributed by atoms with Crippen LogP contribution in [0.1, 0.15) is 32.2 Å². The summed E-state index contributed by atoms with van der Waals surface area (Å²) in [4.78, 5) is 22.7. The third-order valence-corrected chi connectivity index (χ3v) is 3.23. The van der Waals surface area contributed by atoms with Gasteiger partial charge in [0.05, 0.1) is 6.54 Å². The average molecular weight is 338 g/mol. The third kappa shape index (κ3) is 3.27. The molecule has 20 heavy (non-hydrogen) atoms. The summed E-state index contributed by atoms with van der Waals surface area (Å²) in [5.74, 6) is -1.13. The molecule has 2 N–H and O–H groups in total. The standard InChI is InChI=1S/C14H12BrNO4/c1-8-2-3-9(15)6-11(8)13(17)16-7-10-4-5-12(20-10)14(18)19/h2-6H,7H2,1H3,(H,16,17)(H,18,19). The predicted octanol–water partition coefficient (Wildman–Crippen LogP) is 2.98. The molecule has 2 aromatic rings. The van der Waals surface area contributed by atoms with Crippen LogP contribution in [0.3, 0.4) is 0 Å². The van der Waals surface area contributed by atoms with E-state index in [0.717, 1.165) is 10.0 Å². The predicted molar refractivity (Wildman–Crippen MR) is 75.7 cm³/mol. The zero-order valence-electron chi connectivity index (χ0n) is 10.6. The van der Waals surface area contributed by atoms with Gasteiger partial charge in [0, 0.05) is 10.0 Å². The first kappa shape index (κ1) is 14.3. The van der Waals surface area contributed by atoms with Crippen molar-refractivity contribution in [2.45, 2.75) is 13.5 Å². The highest BCUT2D eigenvalue weighted by atomic mass is 79.9. The first-order valence-electron chi connectivity index (χ1n) is 5.83. The molecule has 0 aliphatic heterocycles. The van der Waals surface area contributed by atoms with Crippen LogP contribution in [0.5, 0.6) is 0 Å². The molecule has 6 heteroatoms. The van der Waals surface area contributed by atoms with Crippen LogP contribution in [-0.2, 0) is 6.54 Å². The smallest absolute Gasteiger partial charge is 0.371 e. The minimum atomic E-state index is -1.13. The van der Waals surface area contributed by atoms with Crippen LogP contribution in [0.2, 0.25) is 0 Å². The van der Waals surface area contributed by atoms with E-state index >= 15 is 0 Å². The van der Waals surface area contributed by atoms with Crippen molar-refractivity contribution in [1.29, 1.82) is 0 Å². The summed E-state index contributed by atoms with van der Waals surface area (Å²) in [6, 6.07) is 8.31. The largest absolute Gasteiger partial charge is 0.475 e. The number of carboxylic acid groups (broad SMARTS) is 1. The van der Waals surface area contributed by atoms with Gasteiger partial charge in [-0.15, -0.1) is 0 Å². The van der Waals surface area contributed by atoms with Crippen molar-refractivity contribution < 1.29 is 19.1 Å². The molecule has 0 spiro atoms. The number of halogens is 1. The highest BCUT2D eigenvalue weighted by Gasteiger charge is 2.12. The number of furan rings is 1. The molecule has 5 nitrogen and oxygen atoms in total. The minimum absolute atomic E-state index is 0.137. The lowest BCUT2D eigenvalue weighted by atomic mass is 10.1. The summed E-state index contributed by atoms with van der Waals surface area (Å²) in [7, 11) is 0. The quantitative estimate of drug-likeness (QED) is 0.898. The molecule has 0 unspecified atom stereocenters. The van der Waals surface area contributed by atoms with Crippen LogP contribution in [0, 0.1) is 6.92 Å². The lowest BCUT2D eigenvalue weighted by Crippen LogP contribution is -2.23. The van der Waals surface area contributed by atoms with Gasteiger partial charge < -0.3 is 14.8 Å². The molecule has 1 heterocycles. The second-order valence-electron chi connectivity index (χ2n) is 4.21. The summed E-state index contributed by atoms with van der Waals surface area (Å²) in [6.45, 7) is 1.98. The maximum atomic E-state index is 12.0. The molecule has 0 saturated carbocycles. The van der Waals surface area contributed by atoms with Crippen LogP contribution in [0.15, 0.2) is 39.2 Å². The number of nitrogens with one attached hydrogen (secondary N) is 1. The topological polar surface area (TPSA) is 79.5 Å². The Labute approximate surface area is 123 Å². The highest BCUT2D eigenvalue weighted by Crippen LogP contribution is 2.16. The Balaban J connectivity index is 2.04. The lowest BCUT2D eigenvalue weighted by Gasteiger charge is -2.07. The van der Waals surface area contributed by atoms with Crippen LogP contribution < -0.4 is 5.32 Å². The molecule has 0 bridgehead atoms. The number of carbonyl (C=O) groups is 2. The van der Waals surface area contributed by atoms with E-state index in [2.05, 4.69) is 21.2 Å². The number of carbonyl (C=O) groups excluding carboxylic acids is 1. The number of hydrogen-bond donors (Lipinski definition) is 2. The normalized spacial score (nSPS) is 10.3. The van der Waals surface area contributed by atoms with E-state index in [1.165, 1.54) is 12.1 Å². The van der Waals surface area contributed by atoms with E-state index in [1.54, 1.807) is 6.07 Å². The molecule has 104 valence electrons. The van der Waals surface area contributed by atoms with Crippen LogP contribution in [0.25, 0.3) is 0 Å². The number of amides is 1. The Hall–Kier alpha value is -2.08. The minimum Gasteiger partial charge on any atom is -0.475 e. The third-order valence-electron chi connectivity index (χ3n) is 2.74. The summed E-state index contributed by atoms with van der Waals surface area (Å²) >= 11 is 3.32. The van der Waals surface area contributed by atoms with Gasteiger partial charge >= 0.3 is 5.97 Å². The summed E-state index contributed by atoms with van der Waals surface area (Å²) in [5.41, 5.74) is 1.42. The second-order valence-corrected chi connectivity index (χ2v) is 5.13. The zero-order valence-corrected chi connectivity index (χ0v) is 12.2. The maximum Gasteiger partial charge on any atom is 0.371 e. The van der Waals surface area contributed by atoms with E-state index in [9.17, 15) is 9.59 Å². The SMILES string of the molecule is Cc1ccc(Br)cc1C(=O)NCc1ccc(C(=O)O)o1. The molecule has 0 saturated heterocycles. The van der Waals surface area contributed by atoms with Gasteiger partial charge in [0.2, 0.25) is 5.76 Å². The van der Waals surface area contributed by atoms with Gasteiger partial charge in [-0.1, -0.05) is 22.0 Å². The van der Waals surface area contributed by atoms with Gasteiger partial charge in [0.15, 0.2) is 0 Å². The average Bonchev–Trinajstić information content (AvgIpc) is 2.88. The first-order valence-corrected chi connectivity index (χ1v) is 6.63. The van der Waals surface area contributed by atoms with Crippen molar-refractivity contribution in [3.8, 4) is 0 Å². The van der Waals surface area contributed by atoms with Crippen LogP contribution in [0.4, 0.5) is 0 Å². The fraction of sp³-hybridized carbons (Fsp3) is 0.143. The Morgan fingerprint density at radius 2 is 2.05 bits per heavy atom. The second kappa shape index (κ2) is 5.92. The van der Waals surface area contributed by atoms with E-state index in [0.29, 0.717) is 11.3 Å². The molecule has 0 fully saturated rings. The van der Waals surface area contributed by atoms with E-state index < -0.39 is 5.97 Å². The highest BCUT2D eigenvalue weighted by molar-refractivity contribution is 9.10. The molecule has 2 rings (SSSR count). The number of hydrogen-bond acceptors (Lipinski definition) is 3. The Kier molecular flexibility index (Phi) is 4.24. The van der Waals surface area contributed by atoms with Gasteiger partial charge in [0.1, 0.15) is 5.76 Å². The number of carboxylic acids is 1. The number of aryl methyl sites for hydroxylation is 1. The molecule has 1 aromatic carbocycles. The monoisotopic (exact) mass is 337 g/mol. The van der Waals surface area contributed by atoms with Crippen LogP contribution in [-0.4, -0.2) is 17.0 Å². The molecule has 0 atom stereocenters. The van der Waals surface area contributed by atoms with Gasteiger partial charge in [-0.05, 0) is 36.8 Å². The van der Waals surface area contributed by atoms with Crippen molar-refractivity contribution in [2.75, 3.05) is 0 Å². The Morgan fingerprint density at radius 3 is 2.70 bits per heavy atom. The molecular weight excluding hydrogens is 326 g/mol. The lowest BCUT2D eigenvalue weighted by molar-refractivity contribution is 0.0660. The fourth-order valence-corrected chi connectivity index (χ4v) is 2.05. The summed E-state index contributed by atoms with van der Waals surface area (Å²) in [6.07, 6.45) is 0. The van der Waals surface area contributed by atoms with Crippen molar-refractivity contribution in [1.82, 2.24) is 5.32 Å². The van der Waals surface area contributed by atoms with Crippen LogP contribution >= 0.6 is 15.9 Å². The maximum absolute atomic E-state index is 12.0. The molecular formula is C14H12BrNO4. The van der Waals surface area contributed by atoms with Gasteiger partial charge in [-0.3, -0.25) is 4.79 Å². The zero-order chi connectivity index (χ0) is 14.7. The Bertz CT molecular complexity index is 663. The van der Waals surface area contributed by atoms with E-state index in [4.69, 9.17) is 9.52 Å². The van der Waals surface area contributed by atoms with Crippen molar-refractivity contribution >= 4 is 27.8 Å². The van der Waals surface area contributed by atoms with Gasteiger partial charge in [-0.25, -0.2) is 4.79 Å². The van der Waals surface area contributed by atoms with Gasteiger partial charge in [0.25, 0.3) is 5.91 Å².